The first-order valence-corrected chi connectivity index (χ1v) is 6.82. The number of aryl methyl sites for hydroxylation is 1. The van der Waals surface area contributed by atoms with Crippen molar-refractivity contribution in [3.05, 3.63) is 33.9 Å². The molecule has 0 unspecified atom stereocenters. The zero-order valence-corrected chi connectivity index (χ0v) is 11.5. The number of nitrogens with one attached hydrogen (secondary N) is 2. The van der Waals surface area contributed by atoms with Crippen LogP contribution in [0.2, 0.25) is 0 Å². The number of nitrogens with zero attached hydrogens (tertiary/aromatic N) is 1. The fourth-order valence-corrected chi connectivity index (χ4v) is 2.45. The minimum atomic E-state index is -0.437. The van der Waals surface area contributed by atoms with Crippen molar-refractivity contribution >= 4 is 17.3 Å². The highest BCUT2D eigenvalue weighted by Crippen LogP contribution is 2.22. The Morgan fingerprint density at radius 2 is 2.15 bits per heavy atom. The maximum atomic E-state index is 12.0. The third-order valence-electron chi connectivity index (χ3n) is 3.63. The number of nitro groups is 1. The van der Waals surface area contributed by atoms with E-state index >= 15 is 0 Å². The number of amides is 1. The number of carbonyl (C=O) groups is 1. The van der Waals surface area contributed by atoms with Gasteiger partial charge in [-0.3, -0.25) is 14.9 Å². The van der Waals surface area contributed by atoms with Crippen molar-refractivity contribution in [3.63, 3.8) is 0 Å². The summed E-state index contributed by atoms with van der Waals surface area (Å²) in [5.74, 6) is 0.406. The average Bonchev–Trinajstić information content (AvgIpc) is 2.42. The summed E-state index contributed by atoms with van der Waals surface area (Å²) in [5, 5.41) is 16.8. The molecular weight excluding hydrogens is 258 g/mol. The summed E-state index contributed by atoms with van der Waals surface area (Å²) in [6.45, 7) is 3.69. The lowest BCUT2D eigenvalue weighted by Crippen LogP contribution is -2.30. The molecule has 0 radical (unpaired) electrons. The molecule has 0 aromatic heterocycles. The number of rotatable bonds is 4. The third kappa shape index (κ3) is 3.77. The van der Waals surface area contributed by atoms with E-state index in [1.807, 2.05) is 0 Å². The maximum Gasteiger partial charge on any atom is 0.269 e. The van der Waals surface area contributed by atoms with E-state index in [2.05, 4.69) is 10.6 Å². The van der Waals surface area contributed by atoms with Crippen molar-refractivity contribution in [2.75, 3.05) is 18.4 Å². The molecule has 0 saturated carbocycles. The minimum absolute atomic E-state index is 0.0196. The molecule has 0 aliphatic carbocycles. The zero-order valence-electron chi connectivity index (χ0n) is 11.5. The fraction of sp³-hybridized carbons (Fsp3) is 0.500. The summed E-state index contributed by atoms with van der Waals surface area (Å²) in [5.41, 5.74) is 1.39. The van der Waals surface area contributed by atoms with Gasteiger partial charge < -0.3 is 10.6 Å². The zero-order chi connectivity index (χ0) is 14.5. The number of piperidine rings is 1. The Balaban J connectivity index is 1.95. The van der Waals surface area contributed by atoms with Crippen LogP contribution in [0.15, 0.2) is 18.2 Å². The van der Waals surface area contributed by atoms with E-state index in [9.17, 15) is 14.9 Å². The van der Waals surface area contributed by atoms with Gasteiger partial charge in [0.15, 0.2) is 0 Å². The predicted molar refractivity (Wildman–Crippen MR) is 76.7 cm³/mol. The van der Waals surface area contributed by atoms with Crippen LogP contribution in [0, 0.1) is 23.0 Å². The van der Waals surface area contributed by atoms with Gasteiger partial charge in [-0.05, 0) is 50.4 Å². The number of nitro benzene ring substituents is 1. The van der Waals surface area contributed by atoms with Gasteiger partial charge in [0.25, 0.3) is 5.69 Å². The molecule has 1 amide bonds. The summed E-state index contributed by atoms with van der Waals surface area (Å²) in [4.78, 5) is 22.2. The molecule has 1 aliphatic rings. The molecule has 1 aromatic rings. The smallest absolute Gasteiger partial charge is 0.269 e. The summed E-state index contributed by atoms with van der Waals surface area (Å²) in [6, 6.07) is 4.47. The fourth-order valence-electron chi connectivity index (χ4n) is 2.45. The summed E-state index contributed by atoms with van der Waals surface area (Å²) in [7, 11) is 0. The van der Waals surface area contributed by atoms with Gasteiger partial charge in [-0.2, -0.15) is 0 Å². The quantitative estimate of drug-likeness (QED) is 0.653. The van der Waals surface area contributed by atoms with Crippen molar-refractivity contribution < 1.29 is 9.72 Å². The van der Waals surface area contributed by atoms with Gasteiger partial charge in [0.05, 0.1) is 4.92 Å². The molecule has 1 fully saturated rings. The highest BCUT2D eigenvalue weighted by Gasteiger charge is 2.17. The van der Waals surface area contributed by atoms with E-state index in [-0.39, 0.29) is 11.6 Å². The number of benzene rings is 1. The molecule has 0 spiro atoms. The molecule has 0 bridgehead atoms. The molecule has 6 heteroatoms. The first kappa shape index (κ1) is 14.5. The second-order valence-electron chi connectivity index (χ2n) is 5.20. The number of hydrogen-bond acceptors (Lipinski definition) is 4. The Labute approximate surface area is 117 Å². The average molecular weight is 277 g/mol. The molecule has 1 aliphatic heterocycles. The van der Waals surface area contributed by atoms with Crippen LogP contribution >= 0.6 is 0 Å². The van der Waals surface area contributed by atoms with Crippen molar-refractivity contribution in [2.45, 2.75) is 26.2 Å². The summed E-state index contributed by atoms with van der Waals surface area (Å²) < 4.78 is 0. The molecule has 1 heterocycles. The van der Waals surface area contributed by atoms with Crippen LogP contribution in [-0.2, 0) is 4.79 Å². The highest BCUT2D eigenvalue weighted by atomic mass is 16.6. The van der Waals surface area contributed by atoms with Gasteiger partial charge in [0.2, 0.25) is 5.91 Å². The molecule has 1 aromatic carbocycles. The van der Waals surface area contributed by atoms with Crippen LogP contribution in [-0.4, -0.2) is 23.9 Å². The molecule has 2 N–H and O–H groups in total. The summed E-state index contributed by atoms with van der Waals surface area (Å²) >= 11 is 0. The molecule has 108 valence electrons. The number of carbonyl (C=O) groups excluding carboxylic acids is 1. The van der Waals surface area contributed by atoms with E-state index in [1.54, 1.807) is 13.0 Å². The van der Waals surface area contributed by atoms with Gasteiger partial charge in [0.1, 0.15) is 0 Å². The lowest BCUT2D eigenvalue weighted by Gasteiger charge is -2.22. The molecule has 2 rings (SSSR count). The van der Waals surface area contributed by atoms with Gasteiger partial charge in [-0.1, -0.05) is 0 Å². The van der Waals surface area contributed by atoms with E-state index in [0.717, 1.165) is 25.9 Å². The Bertz CT molecular complexity index is 510. The number of anilines is 1. The molecule has 20 heavy (non-hydrogen) atoms. The van der Waals surface area contributed by atoms with Gasteiger partial charge >= 0.3 is 0 Å². The topological polar surface area (TPSA) is 84.3 Å². The first-order valence-electron chi connectivity index (χ1n) is 6.82. The third-order valence-corrected chi connectivity index (χ3v) is 3.63. The van der Waals surface area contributed by atoms with Crippen LogP contribution < -0.4 is 10.6 Å². The summed E-state index contributed by atoms with van der Waals surface area (Å²) in [6.07, 6.45) is 2.55. The van der Waals surface area contributed by atoms with Crippen LogP contribution in [0.5, 0.6) is 0 Å². The lowest BCUT2D eigenvalue weighted by molar-refractivity contribution is -0.384. The van der Waals surface area contributed by atoms with E-state index in [0.29, 0.717) is 23.6 Å². The van der Waals surface area contributed by atoms with Gasteiger partial charge in [0, 0.05) is 24.2 Å². The van der Waals surface area contributed by atoms with Crippen LogP contribution in [0.4, 0.5) is 11.4 Å². The molecular formula is C14H19N3O3. The molecule has 1 saturated heterocycles. The lowest BCUT2D eigenvalue weighted by atomic mass is 9.94. The Hall–Kier alpha value is -1.95. The normalized spacial score (nSPS) is 15.8. The second kappa shape index (κ2) is 6.47. The SMILES string of the molecule is Cc1cc([N+](=O)[O-])ccc1NC(=O)CC1CCNCC1. The van der Waals surface area contributed by atoms with Crippen LogP contribution in [0.1, 0.15) is 24.8 Å². The first-order chi connectivity index (χ1) is 9.56. The van der Waals surface area contributed by atoms with Crippen molar-refractivity contribution in [2.24, 2.45) is 5.92 Å². The maximum absolute atomic E-state index is 12.0. The van der Waals surface area contributed by atoms with Crippen molar-refractivity contribution in [1.82, 2.24) is 5.32 Å². The monoisotopic (exact) mass is 277 g/mol. The van der Waals surface area contributed by atoms with Crippen LogP contribution in [0.3, 0.4) is 0 Å². The highest BCUT2D eigenvalue weighted by molar-refractivity contribution is 5.91. The van der Waals surface area contributed by atoms with E-state index in [4.69, 9.17) is 0 Å². The predicted octanol–water partition coefficient (Wildman–Crippen LogP) is 2.23. The Kier molecular flexibility index (Phi) is 4.68. The number of hydrogen-bond donors (Lipinski definition) is 2. The molecule has 0 atom stereocenters. The Morgan fingerprint density at radius 3 is 2.75 bits per heavy atom. The standard InChI is InChI=1S/C14H19N3O3/c1-10-8-12(17(19)20)2-3-13(10)16-14(18)9-11-4-6-15-7-5-11/h2-3,8,11,15H,4-7,9H2,1H3,(H,16,18). The van der Waals surface area contributed by atoms with E-state index < -0.39 is 4.92 Å². The largest absolute Gasteiger partial charge is 0.326 e. The number of non-ortho nitro benzene ring substituents is 1. The van der Waals surface area contributed by atoms with Gasteiger partial charge in [-0.25, -0.2) is 0 Å². The minimum Gasteiger partial charge on any atom is -0.326 e. The van der Waals surface area contributed by atoms with Crippen molar-refractivity contribution in [3.8, 4) is 0 Å². The molecule has 6 nitrogen and oxygen atoms in total. The Morgan fingerprint density at radius 1 is 1.45 bits per heavy atom. The second-order valence-corrected chi connectivity index (χ2v) is 5.20. The van der Waals surface area contributed by atoms with Crippen LogP contribution in [0.25, 0.3) is 0 Å². The van der Waals surface area contributed by atoms with E-state index in [1.165, 1.54) is 12.1 Å². The van der Waals surface area contributed by atoms with Crippen molar-refractivity contribution in [1.29, 1.82) is 0 Å². The van der Waals surface area contributed by atoms with Gasteiger partial charge in [-0.15, -0.1) is 0 Å².